The Morgan fingerprint density at radius 1 is 0.844 bits per heavy atom. The van der Waals surface area contributed by atoms with E-state index in [1.165, 1.54) is 0 Å². The van der Waals surface area contributed by atoms with Crippen molar-refractivity contribution in [3.05, 3.63) is 107 Å². The molecule has 0 aliphatic carbocycles. The van der Waals surface area contributed by atoms with Crippen LogP contribution in [0.5, 0.6) is 0 Å². The highest BCUT2D eigenvalue weighted by Crippen LogP contribution is 2.41. The fourth-order valence-corrected chi connectivity index (χ4v) is 5.19. The Labute approximate surface area is 188 Å². The van der Waals surface area contributed by atoms with Crippen LogP contribution in [0.15, 0.2) is 91.1 Å². The number of benzene rings is 3. The second-order valence-corrected chi connectivity index (χ2v) is 8.66. The first-order chi connectivity index (χ1) is 15.8. The van der Waals surface area contributed by atoms with Crippen molar-refractivity contribution in [2.75, 3.05) is 0 Å². The van der Waals surface area contributed by atoms with E-state index < -0.39 is 0 Å². The highest BCUT2D eigenvalue weighted by molar-refractivity contribution is 7.19. The average Bonchev–Trinajstić information content (AvgIpc) is 3.27. The molecule has 3 aromatic carbocycles. The number of thiazole rings is 1. The second kappa shape index (κ2) is 7.59. The van der Waals surface area contributed by atoms with Crippen molar-refractivity contribution in [3.8, 4) is 0 Å². The molecule has 2 aromatic heterocycles. The smallest absolute Gasteiger partial charge is 0.320 e. The third-order valence-electron chi connectivity index (χ3n) is 5.62. The summed E-state index contributed by atoms with van der Waals surface area (Å²) in [6.45, 7) is 0. The van der Waals surface area contributed by atoms with Gasteiger partial charge >= 0.3 is 6.03 Å². The summed E-state index contributed by atoms with van der Waals surface area (Å²) >= 11 is 1.63. The lowest BCUT2D eigenvalue weighted by molar-refractivity contribution is 0.242. The minimum atomic E-state index is -0.343. The fourth-order valence-electron chi connectivity index (χ4n) is 4.14. The largest absolute Gasteiger partial charge is 0.327 e. The zero-order valence-corrected chi connectivity index (χ0v) is 17.8. The SMILES string of the molecule is O=C1NC(c2ccccc2)=C(c2nc3ccccc3s2)[C@@H](c2ccc3ncccc3c2)N1. The molecule has 0 saturated carbocycles. The number of urea groups is 1. The molecule has 0 fully saturated rings. The summed E-state index contributed by atoms with van der Waals surface area (Å²) in [7, 11) is 0. The molecular formula is C26H18N4OS. The van der Waals surface area contributed by atoms with Crippen molar-refractivity contribution >= 4 is 49.8 Å². The predicted octanol–water partition coefficient (Wildman–Crippen LogP) is 5.77. The van der Waals surface area contributed by atoms with Crippen molar-refractivity contribution in [2.45, 2.75) is 6.04 Å². The number of pyridine rings is 1. The summed E-state index contributed by atoms with van der Waals surface area (Å²) in [5, 5.41) is 8.09. The molecule has 2 N–H and O–H groups in total. The number of nitrogens with zero attached hydrogens (tertiary/aromatic N) is 2. The maximum atomic E-state index is 12.8. The Bertz CT molecular complexity index is 1470. The standard InChI is InChI=1S/C26H18N4OS/c31-26-29-23(16-7-2-1-3-8-16)22(25-28-20-10-4-5-11-21(20)32-25)24(30-26)18-12-13-19-17(15-18)9-6-14-27-19/h1-15,24H,(H2,29,30,31)/t24-/m1/s1. The molecule has 154 valence electrons. The Morgan fingerprint density at radius 3 is 2.56 bits per heavy atom. The van der Waals surface area contributed by atoms with Crippen LogP contribution in [0.1, 0.15) is 22.2 Å². The molecule has 0 bridgehead atoms. The Kier molecular flexibility index (Phi) is 4.44. The first-order valence-electron chi connectivity index (χ1n) is 10.3. The maximum Gasteiger partial charge on any atom is 0.320 e. The van der Waals surface area contributed by atoms with Gasteiger partial charge in [0.25, 0.3) is 0 Å². The van der Waals surface area contributed by atoms with Crippen molar-refractivity contribution in [2.24, 2.45) is 0 Å². The lowest BCUT2D eigenvalue weighted by Gasteiger charge is -2.30. The molecule has 2 amide bonds. The number of para-hydroxylation sites is 1. The quantitative estimate of drug-likeness (QED) is 0.379. The van der Waals surface area contributed by atoms with Gasteiger partial charge in [0.1, 0.15) is 5.01 Å². The molecule has 32 heavy (non-hydrogen) atoms. The van der Waals surface area contributed by atoms with E-state index in [-0.39, 0.29) is 12.1 Å². The number of carbonyl (C=O) groups excluding carboxylic acids is 1. The molecule has 5 nitrogen and oxygen atoms in total. The summed E-state index contributed by atoms with van der Waals surface area (Å²) in [4.78, 5) is 22.1. The average molecular weight is 435 g/mol. The number of amides is 2. The zero-order chi connectivity index (χ0) is 21.5. The Balaban J connectivity index is 1.61. The molecule has 0 spiro atoms. The number of fused-ring (bicyclic) bond motifs is 2. The molecule has 1 aliphatic heterocycles. The Morgan fingerprint density at radius 2 is 1.69 bits per heavy atom. The van der Waals surface area contributed by atoms with E-state index in [9.17, 15) is 4.79 Å². The zero-order valence-electron chi connectivity index (χ0n) is 16.9. The molecule has 0 saturated heterocycles. The third-order valence-corrected chi connectivity index (χ3v) is 6.69. The van der Waals surface area contributed by atoms with Gasteiger partial charge in [0.05, 0.1) is 27.5 Å². The highest BCUT2D eigenvalue weighted by Gasteiger charge is 2.32. The molecule has 1 aliphatic rings. The number of rotatable bonds is 3. The molecule has 3 heterocycles. The van der Waals surface area contributed by atoms with E-state index in [2.05, 4.69) is 27.8 Å². The molecular weight excluding hydrogens is 416 g/mol. The van der Waals surface area contributed by atoms with Gasteiger partial charge in [0.15, 0.2) is 0 Å². The van der Waals surface area contributed by atoms with Crippen molar-refractivity contribution in [1.82, 2.24) is 20.6 Å². The fraction of sp³-hybridized carbons (Fsp3) is 0.0385. The lowest BCUT2D eigenvalue weighted by Crippen LogP contribution is -2.42. The first-order valence-corrected chi connectivity index (χ1v) is 11.2. The van der Waals surface area contributed by atoms with Crippen LogP contribution >= 0.6 is 11.3 Å². The van der Waals surface area contributed by atoms with Crippen molar-refractivity contribution < 1.29 is 4.79 Å². The maximum absolute atomic E-state index is 12.8. The summed E-state index contributed by atoms with van der Waals surface area (Å²) in [6, 6.07) is 27.5. The van der Waals surface area contributed by atoms with Gasteiger partial charge < -0.3 is 10.6 Å². The summed E-state index contributed by atoms with van der Waals surface area (Å²) < 4.78 is 1.11. The van der Waals surface area contributed by atoms with Crippen LogP contribution < -0.4 is 10.6 Å². The van der Waals surface area contributed by atoms with E-state index in [0.29, 0.717) is 0 Å². The first kappa shape index (κ1) is 18.7. The van der Waals surface area contributed by atoms with Gasteiger partial charge in [-0.2, -0.15) is 0 Å². The molecule has 0 radical (unpaired) electrons. The van der Waals surface area contributed by atoms with Crippen LogP contribution in [0, 0.1) is 0 Å². The van der Waals surface area contributed by atoms with E-state index in [4.69, 9.17) is 4.98 Å². The van der Waals surface area contributed by atoms with Crippen molar-refractivity contribution in [3.63, 3.8) is 0 Å². The number of aromatic nitrogens is 2. The van der Waals surface area contributed by atoms with Gasteiger partial charge in [-0.05, 0) is 41.5 Å². The van der Waals surface area contributed by atoms with Gasteiger partial charge in [0, 0.05) is 17.2 Å². The van der Waals surface area contributed by atoms with Gasteiger partial charge in [0.2, 0.25) is 0 Å². The van der Waals surface area contributed by atoms with Crippen LogP contribution in [0.3, 0.4) is 0 Å². The molecule has 6 rings (SSSR count). The number of hydrogen-bond donors (Lipinski definition) is 2. The summed E-state index contributed by atoms with van der Waals surface area (Å²) in [5.41, 5.74) is 5.55. The molecule has 5 aromatic rings. The van der Waals surface area contributed by atoms with Crippen LogP contribution in [0.25, 0.3) is 32.4 Å². The Hall–Kier alpha value is -4.03. The summed E-state index contributed by atoms with van der Waals surface area (Å²) in [5.74, 6) is 0. The summed E-state index contributed by atoms with van der Waals surface area (Å²) in [6.07, 6.45) is 1.79. The van der Waals surface area contributed by atoms with E-state index in [0.717, 1.165) is 48.5 Å². The van der Waals surface area contributed by atoms with Crippen LogP contribution in [0.2, 0.25) is 0 Å². The van der Waals surface area contributed by atoms with Crippen LogP contribution in [-0.2, 0) is 0 Å². The second-order valence-electron chi connectivity index (χ2n) is 7.63. The lowest BCUT2D eigenvalue weighted by atomic mass is 9.92. The molecule has 1 atom stereocenters. The van der Waals surface area contributed by atoms with E-state index in [1.807, 2.05) is 72.8 Å². The minimum absolute atomic E-state index is 0.231. The van der Waals surface area contributed by atoms with Gasteiger partial charge in [-0.15, -0.1) is 11.3 Å². The molecule has 0 unspecified atom stereocenters. The number of hydrogen-bond acceptors (Lipinski definition) is 4. The van der Waals surface area contributed by atoms with E-state index >= 15 is 0 Å². The van der Waals surface area contributed by atoms with Gasteiger partial charge in [-0.25, -0.2) is 9.78 Å². The van der Waals surface area contributed by atoms with E-state index in [1.54, 1.807) is 17.5 Å². The van der Waals surface area contributed by atoms with Crippen LogP contribution in [0.4, 0.5) is 4.79 Å². The topological polar surface area (TPSA) is 66.9 Å². The van der Waals surface area contributed by atoms with Gasteiger partial charge in [-0.1, -0.05) is 54.6 Å². The highest BCUT2D eigenvalue weighted by atomic mass is 32.1. The monoisotopic (exact) mass is 434 g/mol. The number of nitrogens with one attached hydrogen (secondary N) is 2. The van der Waals surface area contributed by atoms with Crippen molar-refractivity contribution in [1.29, 1.82) is 0 Å². The number of carbonyl (C=O) groups is 1. The molecule has 6 heteroatoms. The van der Waals surface area contributed by atoms with Gasteiger partial charge in [-0.3, -0.25) is 4.98 Å². The normalized spacial score (nSPS) is 16.2. The van der Waals surface area contributed by atoms with Crippen LogP contribution in [-0.4, -0.2) is 16.0 Å². The third kappa shape index (κ3) is 3.21. The predicted molar refractivity (Wildman–Crippen MR) is 129 cm³/mol. The minimum Gasteiger partial charge on any atom is -0.327 e.